The Kier molecular flexibility index (Phi) is 4.21. The van der Waals surface area contributed by atoms with Gasteiger partial charge in [0.25, 0.3) is 0 Å². The number of amides is 1. The quantitative estimate of drug-likeness (QED) is 0.792. The predicted molar refractivity (Wildman–Crippen MR) is 92.2 cm³/mol. The maximum Gasteiger partial charge on any atom is 0.410 e. The lowest BCUT2D eigenvalue weighted by Crippen LogP contribution is -2.53. The van der Waals surface area contributed by atoms with Gasteiger partial charge in [-0.1, -0.05) is 28.1 Å². The molecule has 4 nitrogen and oxygen atoms in total. The number of halogens is 1. The van der Waals surface area contributed by atoms with Crippen LogP contribution in [0.3, 0.4) is 0 Å². The first kappa shape index (κ1) is 16.8. The number of carbonyl (C=O) groups excluding carboxylic acids is 1. The zero-order valence-corrected chi connectivity index (χ0v) is 15.5. The van der Waals surface area contributed by atoms with Gasteiger partial charge in [0, 0.05) is 29.4 Å². The molecule has 1 aromatic carbocycles. The van der Waals surface area contributed by atoms with E-state index in [-0.39, 0.29) is 18.2 Å². The molecular weight excluding hydrogens is 358 g/mol. The van der Waals surface area contributed by atoms with Gasteiger partial charge in [0.1, 0.15) is 5.60 Å². The Hall–Kier alpha value is -1.07. The minimum absolute atomic E-state index is 0.0530. The van der Waals surface area contributed by atoms with Crippen LogP contribution >= 0.6 is 15.9 Å². The van der Waals surface area contributed by atoms with E-state index < -0.39 is 11.2 Å². The molecule has 0 radical (unpaired) electrons. The second kappa shape index (κ2) is 5.78. The molecule has 2 atom stereocenters. The number of ether oxygens (including phenoxy) is 1. The molecule has 2 unspecified atom stereocenters. The summed E-state index contributed by atoms with van der Waals surface area (Å²) < 4.78 is 6.55. The highest BCUT2D eigenvalue weighted by molar-refractivity contribution is 9.10. The van der Waals surface area contributed by atoms with E-state index in [0.717, 1.165) is 22.9 Å². The van der Waals surface area contributed by atoms with E-state index in [9.17, 15) is 9.90 Å². The van der Waals surface area contributed by atoms with Crippen LogP contribution in [0.25, 0.3) is 0 Å². The number of rotatable bonds is 1. The van der Waals surface area contributed by atoms with Crippen molar-refractivity contribution in [3.05, 3.63) is 34.3 Å². The zero-order chi connectivity index (χ0) is 16.8. The third-order valence-corrected chi connectivity index (χ3v) is 5.28. The summed E-state index contributed by atoms with van der Waals surface area (Å²) in [5, 5.41) is 11.2. The average molecular weight is 382 g/mol. The molecule has 3 rings (SSSR count). The van der Waals surface area contributed by atoms with Crippen molar-refractivity contribution in [2.45, 2.75) is 69.7 Å². The normalized spacial score (nSPS) is 30.4. The van der Waals surface area contributed by atoms with Crippen molar-refractivity contribution in [2.75, 3.05) is 0 Å². The summed E-state index contributed by atoms with van der Waals surface area (Å²) in [5.41, 5.74) is -0.414. The molecule has 0 saturated carbocycles. The molecule has 1 amide bonds. The summed E-state index contributed by atoms with van der Waals surface area (Å²) in [6.07, 6.45) is 2.77. The highest BCUT2D eigenvalue weighted by Crippen LogP contribution is 2.46. The van der Waals surface area contributed by atoms with Crippen LogP contribution in [-0.2, 0) is 10.3 Å². The Morgan fingerprint density at radius 1 is 1.22 bits per heavy atom. The van der Waals surface area contributed by atoms with E-state index >= 15 is 0 Å². The first-order valence-electron chi connectivity index (χ1n) is 8.18. The molecule has 2 bridgehead atoms. The minimum Gasteiger partial charge on any atom is -0.444 e. The van der Waals surface area contributed by atoms with Crippen LogP contribution in [0.15, 0.2) is 28.7 Å². The van der Waals surface area contributed by atoms with Crippen molar-refractivity contribution < 1.29 is 14.6 Å². The Labute approximate surface area is 145 Å². The summed E-state index contributed by atoms with van der Waals surface area (Å²) in [6, 6.07) is 7.94. The number of carbonyl (C=O) groups is 1. The fourth-order valence-corrected chi connectivity index (χ4v) is 4.10. The van der Waals surface area contributed by atoms with E-state index in [1.807, 2.05) is 49.9 Å². The largest absolute Gasteiger partial charge is 0.444 e. The predicted octanol–water partition coefficient (Wildman–Crippen LogP) is 4.20. The number of hydrogen-bond donors (Lipinski definition) is 1. The number of aliphatic hydroxyl groups is 1. The Balaban J connectivity index is 1.79. The number of piperidine rings is 1. The van der Waals surface area contributed by atoms with Crippen molar-refractivity contribution in [1.82, 2.24) is 4.90 Å². The average Bonchev–Trinajstić information content (AvgIpc) is 2.71. The fourth-order valence-electron chi connectivity index (χ4n) is 3.83. The molecule has 2 aliphatic rings. The van der Waals surface area contributed by atoms with Gasteiger partial charge in [-0.3, -0.25) is 0 Å². The van der Waals surface area contributed by atoms with Crippen LogP contribution in [0.5, 0.6) is 0 Å². The topological polar surface area (TPSA) is 49.8 Å². The van der Waals surface area contributed by atoms with Gasteiger partial charge in [-0.25, -0.2) is 4.79 Å². The first-order valence-corrected chi connectivity index (χ1v) is 8.97. The van der Waals surface area contributed by atoms with E-state index in [1.54, 1.807) is 0 Å². The summed E-state index contributed by atoms with van der Waals surface area (Å²) in [7, 11) is 0. The van der Waals surface area contributed by atoms with Gasteiger partial charge in [-0.2, -0.15) is 0 Å². The number of nitrogens with zero attached hydrogens (tertiary/aromatic N) is 1. The molecule has 2 aliphatic heterocycles. The molecule has 126 valence electrons. The monoisotopic (exact) mass is 381 g/mol. The van der Waals surface area contributed by atoms with Gasteiger partial charge in [0.15, 0.2) is 0 Å². The summed E-state index contributed by atoms with van der Waals surface area (Å²) >= 11 is 3.43. The van der Waals surface area contributed by atoms with Gasteiger partial charge in [-0.15, -0.1) is 0 Å². The van der Waals surface area contributed by atoms with Crippen molar-refractivity contribution in [3.8, 4) is 0 Å². The molecule has 2 fully saturated rings. The SMILES string of the molecule is CC(C)(C)OC(=O)N1C2CCC1CC(O)(c1ccc(Br)cc1)C2. The van der Waals surface area contributed by atoms with Crippen LogP contribution < -0.4 is 0 Å². The Morgan fingerprint density at radius 2 is 1.74 bits per heavy atom. The smallest absolute Gasteiger partial charge is 0.410 e. The lowest BCUT2D eigenvalue weighted by atomic mass is 9.81. The third-order valence-electron chi connectivity index (χ3n) is 4.75. The second-order valence-electron chi connectivity index (χ2n) is 7.72. The Bertz CT molecular complexity index is 579. The minimum atomic E-state index is -0.856. The number of hydrogen-bond acceptors (Lipinski definition) is 3. The standard InChI is InChI=1S/C18H24BrNO3/c1-17(2,3)23-16(21)20-14-8-9-15(20)11-18(22,10-14)12-4-6-13(19)7-5-12/h4-7,14-15,22H,8-11H2,1-3H3. The van der Waals surface area contributed by atoms with Gasteiger partial charge < -0.3 is 14.7 Å². The van der Waals surface area contributed by atoms with Crippen molar-refractivity contribution in [3.63, 3.8) is 0 Å². The van der Waals surface area contributed by atoms with Crippen molar-refractivity contribution in [2.24, 2.45) is 0 Å². The molecule has 0 aliphatic carbocycles. The molecule has 0 aromatic heterocycles. The van der Waals surface area contributed by atoms with E-state index in [0.29, 0.717) is 12.8 Å². The lowest BCUT2D eigenvalue weighted by molar-refractivity contribution is -0.0624. The van der Waals surface area contributed by atoms with Crippen molar-refractivity contribution >= 4 is 22.0 Å². The van der Waals surface area contributed by atoms with Crippen LogP contribution in [0.4, 0.5) is 4.79 Å². The molecule has 0 spiro atoms. The van der Waals surface area contributed by atoms with E-state index in [2.05, 4.69) is 15.9 Å². The first-order chi connectivity index (χ1) is 10.7. The van der Waals surface area contributed by atoms with Crippen LogP contribution in [0, 0.1) is 0 Å². The molecule has 2 saturated heterocycles. The van der Waals surface area contributed by atoms with Crippen LogP contribution in [-0.4, -0.2) is 33.8 Å². The highest BCUT2D eigenvalue weighted by Gasteiger charge is 2.50. The maximum atomic E-state index is 12.5. The van der Waals surface area contributed by atoms with Gasteiger partial charge in [-0.05, 0) is 51.3 Å². The molecular formula is C18H24BrNO3. The molecule has 2 heterocycles. The Morgan fingerprint density at radius 3 is 2.22 bits per heavy atom. The van der Waals surface area contributed by atoms with Gasteiger partial charge in [0.2, 0.25) is 0 Å². The molecule has 1 aromatic rings. The maximum absolute atomic E-state index is 12.5. The summed E-state index contributed by atoms with van der Waals surface area (Å²) in [4.78, 5) is 14.3. The molecule has 23 heavy (non-hydrogen) atoms. The van der Waals surface area contributed by atoms with Gasteiger partial charge >= 0.3 is 6.09 Å². The van der Waals surface area contributed by atoms with Crippen LogP contribution in [0.1, 0.15) is 52.0 Å². The van der Waals surface area contributed by atoms with Gasteiger partial charge in [0.05, 0.1) is 5.60 Å². The lowest BCUT2D eigenvalue weighted by Gasteiger charge is -2.44. The second-order valence-corrected chi connectivity index (χ2v) is 8.64. The number of benzene rings is 1. The summed E-state index contributed by atoms with van der Waals surface area (Å²) in [5.74, 6) is 0. The zero-order valence-electron chi connectivity index (χ0n) is 13.9. The summed E-state index contributed by atoms with van der Waals surface area (Å²) in [6.45, 7) is 5.65. The fraction of sp³-hybridized carbons (Fsp3) is 0.611. The third kappa shape index (κ3) is 3.41. The molecule has 1 N–H and O–H groups in total. The van der Waals surface area contributed by atoms with Crippen molar-refractivity contribution in [1.29, 1.82) is 0 Å². The molecule has 5 heteroatoms. The van der Waals surface area contributed by atoms with Crippen LogP contribution in [0.2, 0.25) is 0 Å². The number of fused-ring (bicyclic) bond motifs is 2. The van der Waals surface area contributed by atoms with E-state index in [1.165, 1.54) is 0 Å². The highest BCUT2D eigenvalue weighted by atomic mass is 79.9. The van der Waals surface area contributed by atoms with E-state index in [4.69, 9.17) is 4.74 Å².